The summed E-state index contributed by atoms with van der Waals surface area (Å²) in [5.41, 5.74) is 0.144. The van der Waals surface area contributed by atoms with Crippen molar-refractivity contribution in [3.05, 3.63) is 22.2 Å². The fourth-order valence-electron chi connectivity index (χ4n) is 1.30. The summed E-state index contributed by atoms with van der Waals surface area (Å²) in [5.74, 6) is 0.688. The molecule has 0 aromatic heterocycles. The van der Waals surface area contributed by atoms with Gasteiger partial charge in [-0.15, -0.1) is 0 Å². The van der Waals surface area contributed by atoms with Gasteiger partial charge in [0.15, 0.2) is 11.5 Å². The van der Waals surface area contributed by atoms with E-state index in [0.717, 1.165) is 0 Å². The molecule has 0 saturated carbocycles. The van der Waals surface area contributed by atoms with Crippen LogP contribution in [0.2, 0.25) is 0 Å². The Hall–Kier alpha value is 0.791. The predicted molar refractivity (Wildman–Crippen MR) is 60.0 cm³/mol. The summed E-state index contributed by atoms with van der Waals surface area (Å²) in [4.78, 5) is 0. The van der Waals surface area contributed by atoms with Crippen LogP contribution in [0.3, 0.4) is 0 Å². The van der Waals surface area contributed by atoms with Crippen molar-refractivity contribution >= 4 is 22.9 Å². The van der Waals surface area contributed by atoms with Gasteiger partial charge in [-0.05, 0) is 12.1 Å². The molecule has 0 bridgehead atoms. The third-order valence-electron chi connectivity index (χ3n) is 2.00. The van der Waals surface area contributed by atoms with Crippen LogP contribution in [0.5, 0.6) is 11.5 Å². The minimum Gasteiger partial charge on any atom is -0.493 e. The average molecular weight is 337 g/mol. The molecule has 0 fully saturated rings. The molecule has 0 unspecified atom stereocenters. The van der Waals surface area contributed by atoms with Gasteiger partial charge in [0.25, 0.3) is 0 Å². The molecule has 8 heteroatoms. The third kappa shape index (κ3) is 5.52. The molecule has 0 spiro atoms. The van der Waals surface area contributed by atoms with E-state index in [1.54, 1.807) is 0 Å². The zero-order valence-corrected chi connectivity index (χ0v) is 14.5. The second-order valence-electron chi connectivity index (χ2n) is 3.21. The van der Waals surface area contributed by atoms with Crippen molar-refractivity contribution in [1.82, 2.24) is 0 Å². The Morgan fingerprint density at radius 2 is 1.59 bits per heavy atom. The van der Waals surface area contributed by atoms with E-state index < -0.39 is 13.3 Å². The maximum Gasteiger partial charge on any atom is 1.00 e. The van der Waals surface area contributed by atoms with Crippen LogP contribution in [-0.4, -0.2) is 21.2 Å². The fourth-order valence-corrected chi connectivity index (χ4v) is 1.79. The fraction of sp³-hybridized carbons (Fsp3) is 0.333. The summed E-state index contributed by atoms with van der Waals surface area (Å²) >= 11 is 3.08. The molecule has 0 radical (unpaired) electrons. The molecule has 0 aliphatic heterocycles. The van der Waals surface area contributed by atoms with Gasteiger partial charge in [-0.25, -0.2) is 0 Å². The zero-order chi connectivity index (χ0) is 12.3. The van der Waals surface area contributed by atoms with Crippen LogP contribution >= 0.6 is 15.9 Å². The van der Waals surface area contributed by atoms with Crippen molar-refractivity contribution < 1.29 is 73.8 Å². The Kier molecular flexibility index (Phi) is 7.74. The first-order valence-electron chi connectivity index (χ1n) is 4.48. The van der Waals surface area contributed by atoms with E-state index >= 15 is 0 Å². The Labute approximate surface area is 149 Å². The summed E-state index contributed by atoms with van der Waals surface area (Å²) in [6.07, 6.45) is -0.944. The maximum absolute atomic E-state index is 12.3. The van der Waals surface area contributed by atoms with Gasteiger partial charge >= 0.3 is 58.4 Å². The SMILES string of the molecule is COc1cc(Br)c(C[B-](F)(F)F)cc1OC.[K+]. The Bertz CT molecular complexity index is 387. The second-order valence-corrected chi connectivity index (χ2v) is 4.07. The molecule has 1 rings (SSSR count). The molecule has 0 aliphatic carbocycles. The molecule has 0 heterocycles. The van der Waals surface area contributed by atoms with Gasteiger partial charge in [-0.2, -0.15) is 0 Å². The van der Waals surface area contributed by atoms with E-state index in [-0.39, 0.29) is 56.9 Å². The van der Waals surface area contributed by atoms with Crippen LogP contribution in [0.25, 0.3) is 0 Å². The topological polar surface area (TPSA) is 18.5 Å². The minimum absolute atomic E-state index is 0. The van der Waals surface area contributed by atoms with Crippen molar-refractivity contribution in [3.8, 4) is 11.5 Å². The van der Waals surface area contributed by atoms with Crippen molar-refractivity contribution in [2.45, 2.75) is 6.32 Å². The molecule has 17 heavy (non-hydrogen) atoms. The first-order valence-corrected chi connectivity index (χ1v) is 5.28. The molecule has 1 aromatic rings. The summed E-state index contributed by atoms with van der Waals surface area (Å²) < 4.78 is 47.2. The minimum atomic E-state index is -4.86. The molecule has 0 atom stereocenters. The van der Waals surface area contributed by atoms with Gasteiger partial charge in [-0.1, -0.05) is 27.8 Å². The van der Waals surface area contributed by atoms with E-state index in [1.165, 1.54) is 26.4 Å². The number of methoxy groups -OCH3 is 2. The van der Waals surface area contributed by atoms with Gasteiger partial charge in [0.05, 0.1) is 14.2 Å². The van der Waals surface area contributed by atoms with Crippen molar-refractivity contribution in [2.75, 3.05) is 14.2 Å². The van der Waals surface area contributed by atoms with Crippen molar-refractivity contribution in [1.29, 1.82) is 0 Å². The van der Waals surface area contributed by atoms with Gasteiger partial charge in [0.2, 0.25) is 0 Å². The molecule has 0 N–H and O–H groups in total. The zero-order valence-electron chi connectivity index (χ0n) is 9.77. The largest absolute Gasteiger partial charge is 1.00 e. The number of benzene rings is 1. The van der Waals surface area contributed by atoms with Crippen molar-refractivity contribution in [2.24, 2.45) is 0 Å². The Balaban J connectivity index is 0.00000256. The van der Waals surface area contributed by atoms with Gasteiger partial charge < -0.3 is 22.4 Å². The standard InChI is InChI=1S/C9H10BBrF3O2.K/c1-15-8-3-6(5-10(12,13)14)7(11)4-9(8)16-2;/h3-4H,5H2,1-2H3;/q-1;+1. The summed E-state index contributed by atoms with van der Waals surface area (Å²) in [6.45, 7) is -4.86. The molecule has 0 amide bonds. The predicted octanol–water partition coefficient (Wildman–Crippen LogP) is 0.399. The molecular weight excluding hydrogens is 327 g/mol. The summed E-state index contributed by atoms with van der Waals surface area (Å²) in [5, 5.41) is 0. The van der Waals surface area contributed by atoms with Crippen LogP contribution in [0.4, 0.5) is 12.9 Å². The number of hydrogen-bond acceptors (Lipinski definition) is 2. The first-order chi connectivity index (χ1) is 7.37. The van der Waals surface area contributed by atoms with E-state index in [9.17, 15) is 12.9 Å². The van der Waals surface area contributed by atoms with Gasteiger partial charge in [-0.3, -0.25) is 0 Å². The molecule has 1 aromatic carbocycles. The van der Waals surface area contributed by atoms with E-state index in [2.05, 4.69) is 15.9 Å². The Morgan fingerprint density at radius 1 is 1.12 bits per heavy atom. The van der Waals surface area contributed by atoms with Crippen LogP contribution < -0.4 is 60.9 Å². The average Bonchev–Trinajstić information content (AvgIpc) is 2.18. The molecule has 2 nitrogen and oxygen atoms in total. The van der Waals surface area contributed by atoms with E-state index in [0.29, 0.717) is 16.0 Å². The van der Waals surface area contributed by atoms with Crippen molar-refractivity contribution in [3.63, 3.8) is 0 Å². The normalized spacial score (nSPS) is 10.7. The number of ether oxygens (including phenoxy) is 2. The Morgan fingerprint density at radius 3 is 2.00 bits per heavy atom. The first kappa shape index (κ1) is 17.8. The molecule has 0 saturated heterocycles. The van der Waals surface area contributed by atoms with Crippen LogP contribution in [0.1, 0.15) is 5.56 Å². The second kappa shape index (κ2) is 7.40. The monoisotopic (exact) mass is 336 g/mol. The molecular formula is C9H10BBrF3KO2. The maximum atomic E-state index is 12.3. The number of rotatable bonds is 4. The van der Waals surface area contributed by atoms with Gasteiger partial charge in [0.1, 0.15) is 0 Å². The number of hydrogen-bond donors (Lipinski definition) is 0. The molecule has 0 aliphatic rings. The summed E-state index contributed by atoms with van der Waals surface area (Å²) in [6, 6.07) is 2.80. The molecule has 90 valence electrons. The van der Waals surface area contributed by atoms with Crippen LogP contribution in [0.15, 0.2) is 16.6 Å². The van der Waals surface area contributed by atoms with E-state index in [1.807, 2.05) is 0 Å². The number of halogens is 4. The van der Waals surface area contributed by atoms with Crippen LogP contribution in [-0.2, 0) is 6.32 Å². The quantitative estimate of drug-likeness (QED) is 0.741. The smallest absolute Gasteiger partial charge is 0.493 e. The third-order valence-corrected chi connectivity index (χ3v) is 2.74. The van der Waals surface area contributed by atoms with Gasteiger partial charge in [0, 0.05) is 4.47 Å². The van der Waals surface area contributed by atoms with Crippen LogP contribution in [0, 0.1) is 0 Å². The van der Waals surface area contributed by atoms with E-state index in [4.69, 9.17) is 9.47 Å². The summed E-state index contributed by atoms with van der Waals surface area (Å²) in [7, 11) is 2.81.